The van der Waals surface area contributed by atoms with E-state index in [0.717, 1.165) is 25.0 Å². The van der Waals surface area contributed by atoms with E-state index in [1.807, 2.05) is 30.5 Å². The molecule has 0 aliphatic rings. The van der Waals surface area contributed by atoms with E-state index in [1.165, 1.54) is 0 Å². The van der Waals surface area contributed by atoms with Gasteiger partial charge in [0.15, 0.2) is 0 Å². The number of benzene rings is 1. The minimum absolute atomic E-state index is 0.0256. The summed E-state index contributed by atoms with van der Waals surface area (Å²) >= 11 is 3.91. The van der Waals surface area contributed by atoms with Crippen molar-refractivity contribution in [3.63, 3.8) is 0 Å². The van der Waals surface area contributed by atoms with Gasteiger partial charge in [-0.1, -0.05) is 12.1 Å². The monoisotopic (exact) mass is 383 g/mol. The van der Waals surface area contributed by atoms with Gasteiger partial charge in [-0.2, -0.15) is 0 Å². The molecule has 3 aromatic rings. The normalized spacial score (nSPS) is 10.8. The summed E-state index contributed by atoms with van der Waals surface area (Å²) in [5, 5.41) is 14.3. The molecule has 3 rings (SSSR count). The summed E-state index contributed by atoms with van der Waals surface area (Å²) in [6.07, 6.45) is 1.83. The van der Waals surface area contributed by atoms with Crippen LogP contribution in [0.2, 0.25) is 0 Å². The zero-order valence-corrected chi connectivity index (χ0v) is 12.8. The standard InChI is InChI=1S/C13H10IN3OS/c14-10-7-19-11-5-15-13(17-12(10)11)16-9-3-1-2-8(4-9)6-18/h1-5,7,18H,6H2,(H,15,16,17). The molecule has 0 atom stereocenters. The number of halogens is 1. The molecule has 0 unspecified atom stereocenters. The highest BCUT2D eigenvalue weighted by molar-refractivity contribution is 14.1. The molecule has 0 radical (unpaired) electrons. The first kappa shape index (κ1) is 12.8. The van der Waals surface area contributed by atoms with Crippen molar-refractivity contribution < 1.29 is 5.11 Å². The van der Waals surface area contributed by atoms with Crippen LogP contribution in [0.4, 0.5) is 11.6 Å². The molecule has 6 heteroatoms. The number of nitrogens with zero attached hydrogens (tertiary/aromatic N) is 2. The third kappa shape index (κ3) is 2.70. The highest BCUT2D eigenvalue weighted by Gasteiger charge is 2.06. The minimum atomic E-state index is 0.0256. The van der Waals surface area contributed by atoms with E-state index in [2.05, 4.69) is 43.3 Å². The van der Waals surface area contributed by atoms with Crippen LogP contribution in [0.25, 0.3) is 10.2 Å². The Balaban J connectivity index is 1.93. The lowest BCUT2D eigenvalue weighted by Gasteiger charge is -2.06. The topological polar surface area (TPSA) is 58.0 Å². The third-order valence-corrected chi connectivity index (χ3v) is 4.79. The molecule has 0 saturated heterocycles. The number of anilines is 2. The Hall–Kier alpha value is -1.25. The highest BCUT2D eigenvalue weighted by atomic mass is 127. The fourth-order valence-corrected chi connectivity index (χ4v) is 3.43. The van der Waals surface area contributed by atoms with Crippen molar-refractivity contribution in [1.82, 2.24) is 9.97 Å². The van der Waals surface area contributed by atoms with E-state index in [0.29, 0.717) is 5.95 Å². The van der Waals surface area contributed by atoms with Crippen LogP contribution >= 0.6 is 33.9 Å². The van der Waals surface area contributed by atoms with Crippen molar-refractivity contribution in [2.45, 2.75) is 6.61 Å². The van der Waals surface area contributed by atoms with Crippen LogP contribution in [0.3, 0.4) is 0 Å². The lowest BCUT2D eigenvalue weighted by Crippen LogP contribution is -1.97. The average Bonchev–Trinajstić information content (AvgIpc) is 2.80. The molecule has 4 nitrogen and oxygen atoms in total. The number of hydrogen-bond acceptors (Lipinski definition) is 5. The molecule has 1 aromatic carbocycles. The van der Waals surface area contributed by atoms with Crippen molar-refractivity contribution >= 4 is 55.8 Å². The number of aliphatic hydroxyl groups is 1. The Morgan fingerprint density at radius 2 is 2.26 bits per heavy atom. The number of aliphatic hydroxyl groups excluding tert-OH is 1. The van der Waals surface area contributed by atoms with Gasteiger partial charge < -0.3 is 10.4 Å². The second-order valence-corrected chi connectivity index (χ2v) is 6.05. The molecule has 0 amide bonds. The molecule has 0 fully saturated rings. The second kappa shape index (κ2) is 5.40. The van der Waals surface area contributed by atoms with Gasteiger partial charge in [-0.15, -0.1) is 11.3 Å². The van der Waals surface area contributed by atoms with Crippen LogP contribution in [0.1, 0.15) is 5.56 Å². The first-order valence-corrected chi connectivity index (χ1v) is 7.58. The van der Waals surface area contributed by atoms with E-state index in [9.17, 15) is 0 Å². The van der Waals surface area contributed by atoms with Gasteiger partial charge >= 0.3 is 0 Å². The lowest BCUT2D eigenvalue weighted by atomic mass is 10.2. The van der Waals surface area contributed by atoms with Gasteiger partial charge in [0.25, 0.3) is 0 Å². The van der Waals surface area contributed by atoms with E-state index < -0.39 is 0 Å². The van der Waals surface area contributed by atoms with Crippen molar-refractivity contribution in [3.8, 4) is 0 Å². The second-order valence-electron chi connectivity index (χ2n) is 3.97. The number of fused-ring (bicyclic) bond motifs is 1. The first-order valence-electron chi connectivity index (χ1n) is 5.63. The summed E-state index contributed by atoms with van der Waals surface area (Å²) in [7, 11) is 0. The van der Waals surface area contributed by atoms with Crippen LogP contribution < -0.4 is 5.32 Å². The molecule has 0 aliphatic heterocycles. The van der Waals surface area contributed by atoms with Crippen LogP contribution in [0.15, 0.2) is 35.8 Å². The molecule has 2 heterocycles. The number of thiophene rings is 1. The number of hydrogen-bond donors (Lipinski definition) is 2. The molecular formula is C13H10IN3OS. The fraction of sp³-hybridized carbons (Fsp3) is 0.0769. The minimum Gasteiger partial charge on any atom is -0.392 e. The molecule has 0 saturated carbocycles. The molecular weight excluding hydrogens is 373 g/mol. The van der Waals surface area contributed by atoms with Gasteiger partial charge in [-0.3, -0.25) is 0 Å². The van der Waals surface area contributed by atoms with E-state index in [-0.39, 0.29) is 6.61 Å². The highest BCUT2D eigenvalue weighted by Crippen LogP contribution is 2.26. The maximum Gasteiger partial charge on any atom is 0.227 e. The Labute approximate surface area is 127 Å². The third-order valence-electron chi connectivity index (χ3n) is 2.64. The molecule has 2 N–H and O–H groups in total. The molecule has 0 spiro atoms. The molecule has 0 bridgehead atoms. The van der Waals surface area contributed by atoms with Gasteiger partial charge in [0.2, 0.25) is 5.95 Å². The molecule has 96 valence electrons. The first-order chi connectivity index (χ1) is 9.26. The summed E-state index contributed by atoms with van der Waals surface area (Å²) in [5.41, 5.74) is 2.70. The molecule has 0 aliphatic carbocycles. The average molecular weight is 383 g/mol. The zero-order valence-electron chi connectivity index (χ0n) is 9.80. The van der Waals surface area contributed by atoms with E-state index in [4.69, 9.17) is 5.11 Å². The van der Waals surface area contributed by atoms with Gasteiger partial charge in [-0.25, -0.2) is 9.97 Å². The summed E-state index contributed by atoms with van der Waals surface area (Å²) in [5.74, 6) is 0.568. The van der Waals surface area contributed by atoms with Crippen molar-refractivity contribution in [3.05, 3.63) is 45.0 Å². The van der Waals surface area contributed by atoms with Crippen LogP contribution in [-0.2, 0) is 6.61 Å². The summed E-state index contributed by atoms with van der Waals surface area (Å²) in [6, 6.07) is 7.56. The van der Waals surface area contributed by atoms with E-state index >= 15 is 0 Å². The van der Waals surface area contributed by atoms with Crippen molar-refractivity contribution in [2.75, 3.05) is 5.32 Å². The van der Waals surface area contributed by atoms with Crippen LogP contribution in [-0.4, -0.2) is 15.1 Å². The van der Waals surface area contributed by atoms with Gasteiger partial charge in [-0.05, 0) is 40.3 Å². The number of nitrogens with one attached hydrogen (secondary N) is 1. The molecule has 2 aromatic heterocycles. The zero-order chi connectivity index (χ0) is 13.2. The Morgan fingerprint density at radius 1 is 1.37 bits per heavy atom. The SMILES string of the molecule is OCc1cccc(Nc2ncc3scc(I)c3n2)c1. The summed E-state index contributed by atoms with van der Waals surface area (Å²) < 4.78 is 2.21. The summed E-state index contributed by atoms with van der Waals surface area (Å²) in [6.45, 7) is 0.0256. The maximum absolute atomic E-state index is 9.12. The van der Waals surface area contributed by atoms with E-state index in [1.54, 1.807) is 11.3 Å². The Morgan fingerprint density at radius 3 is 3.11 bits per heavy atom. The Bertz CT molecular complexity index is 729. The van der Waals surface area contributed by atoms with Gasteiger partial charge in [0.1, 0.15) is 0 Å². The van der Waals surface area contributed by atoms with Gasteiger partial charge in [0.05, 0.1) is 26.6 Å². The Kier molecular flexibility index (Phi) is 3.63. The maximum atomic E-state index is 9.12. The quantitative estimate of drug-likeness (QED) is 0.680. The molecule has 19 heavy (non-hydrogen) atoms. The van der Waals surface area contributed by atoms with Crippen LogP contribution in [0.5, 0.6) is 0 Å². The lowest BCUT2D eigenvalue weighted by molar-refractivity contribution is 0.282. The smallest absolute Gasteiger partial charge is 0.227 e. The van der Waals surface area contributed by atoms with Crippen molar-refractivity contribution in [2.24, 2.45) is 0 Å². The fourth-order valence-electron chi connectivity index (χ4n) is 1.74. The number of rotatable bonds is 3. The van der Waals surface area contributed by atoms with Crippen LogP contribution in [0, 0.1) is 3.57 Å². The van der Waals surface area contributed by atoms with Gasteiger partial charge in [0, 0.05) is 11.1 Å². The number of aromatic nitrogens is 2. The van der Waals surface area contributed by atoms with Crippen molar-refractivity contribution in [1.29, 1.82) is 0 Å². The predicted octanol–water partition coefficient (Wildman–Crippen LogP) is 3.53. The summed E-state index contributed by atoms with van der Waals surface area (Å²) in [4.78, 5) is 8.80. The predicted molar refractivity (Wildman–Crippen MR) is 85.8 cm³/mol. The largest absolute Gasteiger partial charge is 0.392 e.